The fourth-order valence-corrected chi connectivity index (χ4v) is 3.07. The summed E-state index contributed by atoms with van der Waals surface area (Å²) in [5, 5.41) is 3.21. The zero-order valence-corrected chi connectivity index (χ0v) is 14.0. The van der Waals surface area contributed by atoms with Crippen LogP contribution in [-0.4, -0.2) is 21.5 Å². The fraction of sp³-hybridized carbons (Fsp3) is 0.111. The molecular weight excluding hydrogens is 361 g/mol. The third-order valence-electron chi connectivity index (χ3n) is 4.16. The lowest BCUT2D eigenvalue weighted by Gasteiger charge is -2.11. The number of benzene rings is 1. The molecule has 0 amide bonds. The van der Waals surface area contributed by atoms with E-state index in [1.54, 1.807) is 30.7 Å². The molecule has 138 valence electrons. The van der Waals surface area contributed by atoms with Crippen molar-refractivity contribution >= 4 is 27.8 Å². The Morgan fingerprint density at radius 2 is 2.07 bits per heavy atom. The molecule has 1 aromatic carbocycles. The van der Waals surface area contributed by atoms with Crippen molar-refractivity contribution < 1.29 is 17.9 Å². The van der Waals surface area contributed by atoms with E-state index >= 15 is 0 Å². The van der Waals surface area contributed by atoms with Gasteiger partial charge in [-0.3, -0.25) is 4.79 Å². The molecule has 0 bridgehead atoms. The van der Waals surface area contributed by atoms with E-state index in [1.807, 2.05) is 0 Å². The number of rotatable bonds is 3. The number of methoxy groups -OCH3 is 1. The number of hydrogen-bond acceptors (Lipinski definition) is 4. The molecule has 27 heavy (non-hydrogen) atoms. The number of anilines is 2. The molecule has 3 aromatic heterocycles. The molecule has 9 heteroatoms. The maximum Gasteiger partial charge on any atom is 0.417 e. The van der Waals surface area contributed by atoms with Crippen LogP contribution in [0.5, 0.6) is 5.88 Å². The molecule has 6 nitrogen and oxygen atoms in total. The third kappa shape index (κ3) is 2.86. The van der Waals surface area contributed by atoms with Crippen molar-refractivity contribution in [2.45, 2.75) is 6.18 Å². The second-order valence-electron chi connectivity index (χ2n) is 5.84. The van der Waals surface area contributed by atoms with Crippen molar-refractivity contribution in [2.75, 3.05) is 12.4 Å². The minimum absolute atomic E-state index is 0.0529. The summed E-state index contributed by atoms with van der Waals surface area (Å²) in [4.78, 5) is 18.9. The molecule has 4 rings (SSSR count). The van der Waals surface area contributed by atoms with Crippen LogP contribution in [0.15, 0.2) is 53.8 Å². The summed E-state index contributed by atoms with van der Waals surface area (Å²) in [6.07, 6.45) is 1.42. The van der Waals surface area contributed by atoms with Gasteiger partial charge >= 0.3 is 6.18 Å². The van der Waals surface area contributed by atoms with Gasteiger partial charge in [0.1, 0.15) is 11.5 Å². The summed E-state index contributed by atoms with van der Waals surface area (Å²) in [6, 6.07) is 5.22. The lowest BCUT2D eigenvalue weighted by molar-refractivity contribution is -0.136. The van der Waals surface area contributed by atoms with Gasteiger partial charge in [0.2, 0.25) is 5.88 Å². The smallest absolute Gasteiger partial charge is 0.417 e. The summed E-state index contributed by atoms with van der Waals surface area (Å²) in [5.74, 6) is 0.724. The first-order valence-electron chi connectivity index (χ1n) is 7.88. The molecule has 0 radical (unpaired) electrons. The van der Waals surface area contributed by atoms with Gasteiger partial charge in [-0.15, -0.1) is 0 Å². The zero-order valence-electron chi connectivity index (χ0n) is 14.0. The number of pyridine rings is 1. The minimum Gasteiger partial charge on any atom is -0.480 e. The van der Waals surface area contributed by atoms with Crippen LogP contribution in [-0.2, 0) is 6.18 Å². The van der Waals surface area contributed by atoms with E-state index in [0.29, 0.717) is 29.0 Å². The van der Waals surface area contributed by atoms with Crippen LogP contribution in [0.2, 0.25) is 0 Å². The number of aromatic amines is 1. The summed E-state index contributed by atoms with van der Waals surface area (Å²) < 4.78 is 46.8. The monoisotopic (exact) mass is 374 g/mol. The van der Waals surface area contributed by atoms with Crippen LogP contribution in [0.25, 0.3) is 16.3 Å². The summed E-state index contributed by atoms with van der Waals surface area (Å²) >= 11 is 0. The van der Waals surface area contributed by atoms with Gasteiger partial charge in [0.15, 0.2) is 5.43 Å². The van der Waals surface area contributed by atoms with E-state index in [0.717, 1.165) is 0 Å². The molecule has 0 spiro atoms. The maximum absolute atomic E-state index is 13.4. The third-order valence-corrected chi connectivity index (χ3v) is 4.16. The van der Waals surface area contributed by atoms with E-state index in [2.05, 4.69) is 15.3 Å². The van der Waals surface area contributed by atoms with E-state index in [-0.39, 0.29) is 10.8 Å². The molecule has 0 fully saturated rings. The number of H-pyrrole nitrogens is 1. The SMILES string of the molecule is COc1ncccc1Nc1[nH]ccn2cc3c(C(F)(F)F)cc(=O)cc3c12. The highest BCUT2D eigenvalue weighted by atomic mass is 19.4. The number of ether oxygens (including phenoxy) is 1. The molecule has 0 unspecified atom stereocenters. The van der Waals surface area contributed by atoms with Gasteiger partial charge in [0, 0.05) is 35.6 Å². The Morgan fingerprint density at radius 3 is 2.81 bits per heavy atom. The summed E-state index contributed by atoms with van der Waals surface area (Å²) in [5.41, 5.74) is -0.745. The fourth-order valence-electron chi connectivity index (χ4n) is 3.07. The Balaban J connectivity index is 1.99. The molecule has 0 aliphatic rings. The first-order valence-corrected chi connectivity index (χ1v) is 7.88. The van der Waals surface area contributed by atoms with Gasteiger partial charge in [-0.1, -0.05) is 0 Å². The quantitative estimate of drug-likeness (QED) is 0.570. The van der Waals surface area contributed by atoms with Crippen molar-refractivity contribution in [2.24, 2.45) is 0 Å². The first kappa shape index (κ1) is 17.0. The van der Waals surface area contributed by atoms with Crippen molar-refractivity contribution in [3.05, 3.63) is 64.8 Å². The van der Waals surface area contributed by atoms with Crippen molar-refractivity contribution in [3.63, 3.8) is 0 Å². The number of nitrogens with one attached hydrogen (secondary N) is 2. The number of fused-ring (bicyclic) bond motifs is 3. The predicted octanol–water partition coefficient (Wildman–Crippen LogP) is 3.95. The standard InChI is InChI=1S/C18H13F3N4O2/c1-27-17-14(3-2-4-23-17)24-16-15-11-7-10(26)8-13(18(19,20)21)12(11)9-25(15)6-5-22-16/h2-9,22,24H,1H3. The number of nitrogens with zero attached hydrogens (tertiary/aromatic N) is 2. The zero-order chi connectivity index (χ0) is 19.2. The van der Waals surface area contributed by atoms with Crippen LogP contribution in [0.4, 0.5) is 24.7 Å². The Kier molecular flexibility index (Phi) is 3.79. The molecule has 0 aliphatic carbocycles. The van der Waals surface area contributed by atoms with Crippen LogP contribution < -0.4 is 15.5 Å². The average molecular weight is 374 g/mol. The second-order valence-corrected chi connectivity index (χ2v) is 5.84. The second kappa shape index (κ2) is 6.04. The Hall–Kier alpha value is -3.49. The Morgan fingerprint density at radius 1 is 1.26 bits per heavy atom. The van der Waals surface area contributed by atoms with Gasteiger partial charge in [0.05, 0.1) is 18.2 Å². The minimum atomic E-state index is -4.63. The van der Waals surface area contributed by atoms with Gasteiger partial charge < -0.3 is 19.4 Å². The highest BCUT2D eigenvalue weighted by Crippen LogP contribution is 2.37. The van der Waals surface area contributed by atoms with E-state index in [4.69, 9.17) is 4.74 Å². The van der Waals surface area contributed by atoms with E-state index in [1.165, 1.54) is 23.8 Å². The number of hydrogen-bond donors (Lipinski definition) is 2. The Labute approximate surface area is 150 Å². The van der Waals surface area contributed by atoms with Crippen LogP contribution in [0.3, 0.4) is 0 Å². The first-order chi connectivity index (χ1) is 12.9. The van der Waals surface area contributed by atoms with Gasteiger partial charge in [-0.25, -0.2) is 4.98 Å². The van der Waals surface area contributed by atoms with Gasteiger partial charge in [-0.05, 0) is 24.3 Å². The Bertz CT molecular complexity index is 1210. The molecule has 4 aromatic rings. The van der Waals surface area contributed by atoms with Crippen molar-refractivity contribution in [1.29, 1.82) is 0 Å². The molecular formula is C18H13F3N4O2. The molecule has 0 atom stereocenters. The number of halogens is 3. The van der Waals surface area contributed by atoms with Gasteiger partial charge in [-0.2, -0.15) is 13.2 Å². The molecule has 2 N–H and O–H groups in total. The van der Waals surface area contributed by atoms with Crippen molar-refractivity contribution in [1.82, 2.24) is 14.4 Å². The van der Waals surface area contributed by atoms with E-state index < -0.39 is 17.2 Å². The lowest BCUT2D eigenvalue weighted by Crippen LogP contribution is -2.10. The highest BCUT2D eigenvalue weighted by Gasteiger charge is 2.34. The van der Waals surface area contributed by atoms with Crippen LogP contribution in [0.1, 0.15) is 5.56 Å². The van der Waals surface area contributed by atoms with Crippen LogP contribution in [0, 0.1) is 0 Å². The molecule has 0 aliphatic heterocycles. The maximum atomic E-state index is 13.4. The molecule has 0 saturated carbocycles. The largest absolute Gasteiger partial charge is 0.480 e. The highest BCUT2D eigenvalue weighted by molar-refractivity contribution is 6.04. The van der Waals surface area contributed by atoms with Crippen molar-refractivity contribution in [3.8, 4) is 5.88 Å². The summed E-state index contributed by atoms with van der Waals surface area (Å²) in [6.45, 7) is 0. The normalized spacial score (nSPS) is 11.9. The topological polar surface area (TPSA) is 71.4 Å². The van der Waals surface area contributed by atoms with Crippen LogP contribution >= 0.6 is 0 Å². The van der Waals surface area contributed by atoms with E-state index in [9.17, 15) is 18.0 Å². The number of alkyl halides is 3. The number of aromatic nitrogens is 3. The average Bonchev–Trinajstić information content (AvgIpc) is 3.00. The predicted molar refractivity (Wildman–Crippen MR) is 94.6 cm³/mol. The summed E-state index contributed by atoms with van der Waals surface area (Å²) in [7, 11) is 1.46. The molecule has 3 heterocycles. The lowest BCUT2D eigenvalue weighted by atomic mass is 10.1. The van der Waals surface area contributed by atoms with Gasteiger partial charge in [0.25, 0.3) is 0 Å². The molecule has 0 saturated heterocycles.